The monoisotopic (exact) mass is 191 g/mol. The molecule has 0 aliphatic heterocycles. The highest BCUT2D eigenvalue weighted by Gasteiger charge is 2.26. The summed E-state index contributed by atoms with van der Waals surface area (Å²) in [5, 5.41) is 10.8. The largest absolute Gasteiger partial charge is 0.480 e. The van der Waals surface area contributed by atoms with Gasteiger partial charge in [0.15, 0.2) is 6.04 Å². The van der Waals surface area contributed by atoms with E-state index in [1.165, 1.54) is 14.0 Å². The summed E-state index contributed by atoms with van der Waals surface area (Å²) in [6.07, 6.45) is -1.41. The number of hydrogen-bond donors (Lipinski definition) is 2. The molecule has 2 atom stereocenters. The SMILES string of the molecule is COC(=O)NC(C(=O)O)C(C)OC. The molecule has 1 amide bonds. The predicted molar refractivity (Wildman–Crippen MR) is 43.4 cm³/mol. The fourth-order valence-electron chi connectivity index (χ4n) is 0.702. The van der Waals surface area contributed by atoms with Crippen molar-refractivity contribution in [1.82, 2.24) is 5.32 Å². The summed E-state index contributed by atoms with van der Waals surface area (Å²) < 4.78 is 9.02. The molecule has 0 aliphatic carbocycles. The second kappa shape index (κ2) is 5.36. The molecule has 0 rings (SSSR count). The maximum Gasteiger partial charge on any atom is 0.407 e. The molecule has 0 bridgehead atoms. The van der Waals surface area contributed by atoms with E-state index in [-0.39, 0.29) is 0 Å². The number of carbonyl (C=O) groups is 2. The number of amides is 1. The average molecular weight is 191 g/mol. The summed E-state index contributed by atoms with van der Waals surface area (Å²) in [6, 6.07) is -1.10. The smallest absolute Gasteiger partial charge is 0.407 e. The number of carboxylic acids is 1. The van der Waals surface area contributed by atoms with Crippen LogP contribution in [0.1, 0.15) is 6.92 Å². The molecule has 6 heteroatoms. The Kier molecular flexibility index (Phi) is 4.83. The molecule has 0 heterocycles. The zero-order valence-corrected chi connectivity index (χ0v) is 7.73. The lowest BCUT2D eigenvalue weighted by Crippen LogP contribution is -2.48. The maximum absolute atomic E-state index is 10.7. The van der Waals surface area contributed by atoms with Gasteiger partial charge in [0.05, 0.1) is 13.2 Å². The Labute approximate surface area is 75.8 Å². The topological polar surface area (TPSA) is 84.9 Å². The number of nitrogens with one attached hydrogen (secondary N) is 1. The number of hydrogen-bond acceptors (Lipinski definition) is 4. The van der Waals surface area contributed by atoms with E-state index in [0.717, 1.165) is 7.11 Å². The second-order valence-electron chi connectivity index (χ2n) is 2.39. The lowest BCUT2D eigenvalue weighted by atomic mass is 10.2. The van der Waals surface area contributed by atoms with E-state index in [1.807, 2.05) is 0 Å². The molecular weight excluding hydrogens is 178 g/mol. The summed E-state index contributed by atoms with van der Waals surface area (Å²) in [7, 11) is 2.52. The van der Waals surface area contributed by atoms with Gasteiger partial charge >= 0.3 is 12.1 Å². The molecule has 6 nitrogen and oxygen atoms in total. The first-order valence-corrected chi connectivity index (χ1v) is 3.63. The van der Waals surface area contributed by atoms with Gasteiger partial charge in [-0.2, -0.15) is 0 Å². The van der Waals surface area contributed by atoms with Crippen LogP contribution in [0.2, 0.25) is 0 Å². The third-order valence-corrected chi connectivity index (χ3v) is 1.57. The molecule has 13 heavy (non-hydrogen) atoms. The van der Waals surface area contributed by atoms with Gasteiger partial charge in [0.1, 0.15) is 0 Å². The highest BCUT2D eigenvalue weighted by Crippen LogP contribution is 1.98. The molecule has 76 valence electrons. The van der Waals surface area contributed by atoms with Gasteiger partial charge in [-0.05, 0) is 6.92 Å². The second-order valence-corrected chi connectivity index (χ2v) is 2.39. The van der Waals surface area contributed by atoms with Crippen LogP contribution in [-0.2, 0) is 14.3 Å². The van der Waals surface area contributed by atoms with Crippen LogP contribution in [0.4, 0.5) is 4.79 Å². The van der Waals surface area contributed by atoms with E-state index in [1.54, 1.807) is 0 Å². The van der Waals surface area contributed by atoms with Crippen molar-refractivity contribution in [3.05, 3.63) is 0 Å². The van der Waals surface area contributed by atoms with Gasteiger partial charge in [-0.15, -0.1) is 0 Å². The molecule has 0 aliphatic rings. The van der Waals surface area contributed by atoms with Crippen molar-refractivity contribution in [2.75, 3.05) is 14.2 Å². The van der Waals surface area contributed by atoms with Crippen molar-refractivity contribution in [3.63, 3.8) is 0 Å². The molecule has 2 unspecified atom stereocenters. The zero-order valence-electron chi connectivity index (χ0n) is 7.73. The first-order valence-electron chi connectivity index (χ1n) is 3.63. The number of carboxylic acid groups (broad SMARTS) is 1. The van der Waals surface area contributed by atoms with Gasteiger partial charge < -0.3 is 19.9 Å². The summed E-state index contributed by atoms with van der Waals surface area (Å²) in [4.78, 5) is 21.3. The van der Waals surface area contributed by atoms with E-state index in [9.17, 15) is 9.59 Å². The predicted octanol–water partition coefficient (Wildman–Crippen LogP) is -0.169. The molecule has 0 aromatic carbocycles. The van der Waals surface area contributed by atoms with Gasteiger partial charge in [0.25, 0.3) is 0 Å². The number of carbonyl (C=O) groups excluding carboxylic acids is 1. The Morgan fingerprint density at radius 3 is 2.23 bits per heavy atom. The van der Waals surface area contributed by atoms with E-state index >= 15 is 0 Å². The molecule has 0 fully saturated rings. The summed E-state index contributed by atoms with van der Waals surface area (Å²) in [6.45, 7) is 1.54. The minimum atomic E-state index is -1.17. The van der Waals surface area contributed by atoms with Gasteiger partial charge in [-0.25, -0.2) is 9.59 Å². The van der Waals surface area contributed by atoms with Crippen LogP contribution in [0.3, 0.4) is 0 Å². The van der Waals surface area contributed by atoms with Crippen LogP contribution in [0.25, 0.3) is 0 Å². The Balaban J connectivity index is 4.26. The van der Waals surface area contributed by atoms with Crippen molar-refractivity contribution in [1.29, 1.82) is 0 Å². The standard InChI is InChI=1S/C7H13NO5/c1-4(12-2)5(6(9)10)8-7(11)13-3/h4-5H,1-3H3,(H,8,11)(H,9,10). The fraction of sp³-hybridized carbons (Fsp3) is 0.714. The van der Waals surface area contributed by atoms with Crippen LogP contribution < -0.4 is 5.32 Å². The quantitative estimate of drug-likeness (QED) is 0.644. The Hall–Kier alpha value is -1.30. The molecule has 2 N–H and O–H groups in total. The number of alkyl carbamates (subject to hydrolysis) is 1. The van der Waals surface area contributed by atoms with Gasteiger partial charge in [-0.3, -0.25) is 0 Å². The van der Waals surface area contributed by atoms with Gasteiger partial charge in [0, 0.05) is 7.11 Å². The Morgan fingerprint density at radius 1 is 1.38 bits per heavy atom. The van der Waals surface area contributed by atoms with Crippen LogP contribution in [-0.4, -0.2) is 43.5 Å². The van der Waals surface area contributed by atoms with Gasteiger partial charge in [-0.1, -0.05) is 0 Å². The highest BCUT2D eigenvalue weighted by atomic mass is 16.5. The van der Waals surface area contributed by atoms with E-state index in [4.69, 9.17) is 9.84 Å². The Bertz CT molecular complexity index is 193. The summed E-state index contributed by atoms with van der Waals surface area (Å²) in [5.41, 5.74) is 0. The minimum Gasteiger partial charge on any atom is -0.480 e. The first kappa shape index (κ1) is 11.7. The molecule has 0 aromatic rings. The molecule has 0 saturated carbocycles. The third kappa shape index (κ3) is 3.75. The molecule has 0 spiro atoms. The summed E-state index contributed by atoms with van der Waals surface area (Å²) in [5.74, 6) is -1.17. The molecule has 0 radical (unpaired) electrons. The maximum atomic E-state index is 10.7. The van der Waals surface area contributed by atoms with Crippen molar-refractivity contribution in [3.8, 4) is 0 Å². The Morgan fingerprint density at radius 2 is 1.92 bits per heavy atom. The molecule has 0 saturated heterocycles. The van der Waals surface area contributed by atoms with E-state index in [2.05, 4.69) is 10.1 Å². The lowest BCUT2D eigenvalue weighted by Gasteiger charge is -2.18. The van der Waals surface area contributed by atoms with Crippen molar-refractivity contribution < 1.29 is 24.2 Å². The minimum absolute atomic E-state index is 0.614. The fourth-order valence-corrected chi connectivity index (χ4v) is 0.702. The van der Waals surface area contributed by atoms with Crippen LogP contribution in [0.15, 0.2) is 0 Å². The first-order chi connectivity index (χ1) is 6.02. The summed E-state index contributed by atoms with van der Waals surface area (Å²) >= 11 is 0. The third-order valence-electron chi connectivity index (χ3n) is 1.57. The molecular formula is C7H13NO5. The van der Waals surface area contributed by atoms with Crippen LogP contribution in [0, 0.1) is 0 Å². The zero-order chi connectivity index (χ0) is 10.4. The van der Waals surface area contributed by atoms with Crippen molar-refractivity contribution >= 4 is 12.1 Å². The average Bonchev–Trinajstić information content (AvgIpc) is 2.11. The number of ether oxygens (including phenoxy) is 2. The number of methoxy groups -OCH3 is 2. The normalized spacial score (nSPS) is 14.4. The van der Waals surface area contributed by atoms with Gasteiger partial charge in [0.2, 0.25) is 0 Å². The van der Waals surface area contributed by atoms with Crippen LogP contribution in [0.5, 0.6) is 0 Å². The molecule has 0 aromatic heterocycles. The number of rotatable bonds is 4. The van der Waals surface area contributed by atoms with Crippen molar-refractivity contribution in [2.45, 2.75) is 19.1 Å². The highest BCUT2D eigenvalue weighted by molar-refractivity contribution is 5.80. The van der Waals surface area contributed by atoms with E-state index in [0.29, 0.717) is 0 Å². The van der Waals surface area contributed by atoms with Crippen LogP contribution >= 0.6 is 0 Å². The van der Waals surface area contributed by atoms with Crippen molar-refractivity contribution in [2.24, 2.45) is 0 Å². The number of aliphatic carboxylic acids is 1. The lowest BCUT2D eigenvalue weighted by molar-refractivity contribution is -0.142. The van der Waals surface area contributed by atoms with E-state index < -0.39 is 24.2 Å².